The molecule has 2 aromatic heterocycles. The van der Waals surface area contributed by atoms with Crippen molar-refractivity contribution in [3.05, 3.63) is 80.8 Å². The first kappa shape index (κ1) is 14.8. The van der Waals surface area contributed by atoms with Gasteiger partial charge in [-0.2, -0.15) is 0 Å². The molecule has 0 aliphatic carbocycles. The molecule has 3 aromatic rings. The van der Waals surface area contributed by atoms with Crippen LogP contribution in [-0.2, 0) is 6.54 Å². The molecular weight excluding hydrogens is 292 g/mol. The van der Waals surface area contributed by atoms with Crippen molar-refractivity contribution in [1.82, 2.24) is 4.57 Å². The van der Waals surface area contributed by atoms with Gasteiger partial charge in [-0.15, -0.1) is 11.3 Å². The fraction of sp³-hybridized carbons (Fsp3) is 0.167. The van der Waals surface area contributed by atoms with Gasteiger partial charge in [-0.3, -0.25) is 4.79 Å². The fourth-order valence-electron chi connectivity index (χ4n) is 2.63. The normalized spacial score (nSPS) is 12.3. The molecule has 2 heterocycles. The second kappa shape index (κ2) is 6.30. The lowest BCUT2D eigenvalue weighted by molar-refractivity contribution is 0.711. The number of nitrogens with two attached hydrogens (primary N) is 1. The fourth-order valence-corrected chi connectivity index (χ4v) is 3.37. The zero-order valence-corrected chi connectivity index (χ0v) is 13.2. The third-order valence-corrected chi connectivity index (χ3v) is 4.73. The first-order valence-electron chi connectivity index (χ1n) is 7.30. The van der Waals surface area contributed by atoms with E-state index in [0.717, 1.165) is 16.1 Å². The predicted molar refractivity (Wildman–Crippen MR) is 92.2 cm³/mol. The minimum atomic E-state index is -0.366. The summed E-state index contributed by atoms with van der Waals surface area (Å²) in [5.74, 6) is 0. The lowest BCUT2D eigenvalue weighted by Gasteiger charge is -2.16. The molecule has 1 aromatic carbocycles. The van der Waals surface area contributed by atoms with Gasteiger partial charge < -0.3 is 10.3 Å². The van der Waals surface area contributed by atoms with E-state index in [0.29, 0.717) is 12.1 Å². The summed E-state index contributed by atoms with van der Waals surface area (Å²) in [6.45, 7) is 2.60. The van der Waals surface area contributed by atoms with Crippen molar-refractivity contribution in [2.45, 2.75) is 19.5 Å². The van der Waals surface area contributed by atoms with E-state index in [2.05, 4.69) is 0 Å². The van der Waals surface area contributed by atoms with E-state index in [1.165, 1.54) is 0 Å². The van der Waals surface area contributed by atoms with Crippen LogP contribution in [0.25, 0.3) is 11.3 Å². The van der Waals surface area contributed by atoms with Gasteiger partial charge in [0.2, 0.25) is 0 Å². The van der Waals surface area contributed by atoms with Crippen LogP contribution in [0, 0.1) is 0 Å². The van der Waals surface area contributed by atoms with Gasteiger partial charge in [0.1, 0.15) is 0 Å². The van der Waals surface area contributed by atoms with Crippen molar-refractivity contribution in [3.63, 3.8) is 0 Å². The topological polar surface area (TPSA) is 48.0 Å². The summed E-state index contributed by atoms with van der Waals surface area (Å²) < 4.78 is 1.79. The molecule has 0 fully saturated rings. The SMILES string of the molecule is CCn1c(-c2ccccc2)ccc(C(N)c2cccs2)c1=O. The average Bonchev–Trinajstić information content (AvgIpc) is 3.09. The van der Waals surface area contributed by atoms with Gasteiger partial charge in [0, 0.05) is 17.0 Å². The van der Waals surface area contributed by atoms with Crippen LogP contribution in [0.4, 0.5) is 0 Å². The van der Waals surface area contributed by atoms with Crippen LogP contribution >= 0.6 is 11.3 Å². The summed E-state index contributed by atoms with van der Waals surface area (Å²) in [7, 11) is 0. The highest BCUT2D eigenvalue weighted by Crippen LogP contribution is 2.24. The van der Waals surface area contributed by atoms with Crippen molar-refractivity contribution < 1.29 is 0 Å². The zero-order chi connectivity index (χ0) is 15.5. The molecule has 0 spiro atoms. The highest BCUT2D eigenvalue weighted by molar-refractivity contribution is 7.10. The molecule has 0 radical (unpaired) electrons. The molecule has 22 heavy (non-hydrogen) atoms. The smallest absolute Gasteiger partial charge is 0.256 e. The van der Waals surface area contributed by atoms with Gasteiger partial charge in [0.25, 0.3) is 5.56 Å². The number of thiophene rings is 1. The maximum absolute atomic E-state index is 12.8. The van der Waals surface area contributed by atoms with Gasteiger partial charge in [-0.1, -0.05) is 36.4 Å². The molecular formula is C18H18N2OS. The Morgan fingerprint density at radius 2 is 1.86 bits per heavy atom. The van der Waals surface area contributed by atoms with Crippen LogP contribution in [0.15, 0.2) is 64.8 Å². The summed E-state index contributed by atoms with van der Waals surface area (Å²) in [5.41, 5.74) is 8.87. The monoisotopic (exact) mass is 310 g/mol. The first-order valence-corrected chi connectivity index (χ1v) is 8.18. The van der Waals surface area contributed by atoms with Crippen molar-refractivity contribution in [3.8, 4) is 11.3 Å². The number of aromatic nitrogens is 1. The Morgan fingerprint density at radius 1 is 1.09 bits per heavy atom. The van der Waals surface area contributed by atoms with Crippen molar-refractivity contribution >= 4 is 11.3 Å². The molecule has 0 saturated carbocycles. The Labute approximate surface area is 133 Å². The predicted octanol–water partition coefficient (Wildman–Crippen LogP) is 3.64. The van der Waals surface area contributed by atoms with E-state index in [-0.39, 0.29) is 11.6 Å². The van der Waals surface area contributed by atoms with E-state index < -0.39 is 0 Å². The Bertz CT molecular complexity index is 807. The summed E-state index contributed by atoms with van der Waals surface area (Å²) in [6, 6.07) is 17.4. The van der Waals surface area contributed by atoms with Crippen LogP contribution in [-0.4, -0.2) is 4.57 Å². The van der Waals surface area contributed by atoms with E-state index in [1.807, 2.05) is 66.9 Å². The molecule has 3 nitrogen and oxygen atoms in total. The lowest BCUT2D eigenvalue weighted by Crippen LogP contribution is -2.29. The van der Waals surface area contributed by atoms with E-state index >= 15 is 0 Å². The highest BCUT2D eigenvalue weighted by atomic mass is 32.1. The van der Waals surface area contributed by atoms with Crippen molar-refractivity contribution in [2.75, 3.05) is 0 Å². The molecule has 3 rings (SSSR count). The molecule has 0 bridgehead atoms. The standard InChI is InChI=1S/C18H18N2OS/c1-2-20-15(13-7-4-3-5-8-13)11-10-14(18(20)21)17(19)16-9-6-12-22-16/h3-12,17H,2,19H2,1H3. The third kappa shape index (κ3) is 2.63. The second-order valence-electron chi connectivity index (χ2n) is 5.08. The van der Waals surface area contributed by atoms with E-state index in [1.54, 1.807) is 15.9 Å². The van der Waals surface area contributed by atoms with E-state index in [9.17, 15) is 4.79 Å². The second-order valence-corrected chi connectivity index (χ2v) is 6.06. The van der Waals surface area contributed by atoms with Crippen molar-refractivity contribution in [2.24, 2.45) is 5.73 Å². The maximum atomic E-state index is 12.8. The number of hydrogen-bond acceptors (Lipinski definition) is 3. The number of benzene rings is 1. The Balaban J connectivity index is 2.11. The van der Waals surface area contributed by atoms with Crippen LogP contribution in [0.1, 0.15) is 23.4 Å². The van der Waals surface area contributed by atoms with Crippen LogP contribution < -0.4 is 11.3 Å². The minimum Gasteiger partial charge on any atom is -0.319 e. The third-order valence-electron chi connectivity index (χ3n) is 3.77. The zero-order valence-electron chi connectivity index (χ0n) is 12.4. The van der Waals surface area contributed by atoms with Gasteiger partial charge in [-0.25, -0.2) is 0 Å². The Hall–Kier alpha value is -2.17. The Kier molecular flexibility index (Phi) is 4.22. The number of nitrogens with zero attached hydrogens (tertiary/aromatic N) is 1. The minimum absolute atomic E-state index is 0.00949. The molecule has 4 heteroatoms. The van der Waals surface area contributed by atoms with Crippen molar-refractivity contribution in [1.29, 1.82) is 0 Å². The van der Waals surface area contributed by atoms with Gasteiger partial charge >= 0.3 is 0 Å². The highest BCUT2D eigenvalue weighted by Gasteiger charge is 2.17. The van der Waals surface area contributed by atoms with Gasteiger partial charge in [-0.05, 0) is 36.1 Å². The number of hydrogen-bond donors (Lipinski definition) is 1. The summed E-state index contributed by atoms with van der Waals surface area (Å²) >= 11 is 1.58. The van der Waals surface area contributed by atoms with Crippen LogP contribution in [0.3, 0.4) is 0 Å². The molecule has 0 saturated heterocycles. The molecule has 1 atom stereocenters. The molecule has 1 unspecified atom stereocenters. The molecule has 0 amide bonds. The quantitative estimate of drug-likeness (QED) is 0.799. The average molecular weight is 310 g/mol. The Morgan fingerprint density at radius 3 is 2.50 bits per heavy atom. The van der Waals surface area contributed by atoms with E-state index in [4.69, 9.17) is 5.73 Å². The van der Waals surface area contributed by atoms with Gasteiger partial charge in [0.05, 0.1) is 11.7 Å². The molecule has 112 valence electrons. The number of rotatable bonds is 4. The number of pyridine rings is 1. The maximum Gasteiger partial charge on any atom is 0.256 e. The van der Waals surface area contributed by atoms with Crippen LogP contribution in [0.2, 0.25) is 0 Å². The summed E-state index contributed by atoms with van der Waals surface area (Å²) in [5, 5.41) is 1.98. The summed E-state index contributed by atoms with van der Waals surface area (Å²) in [4.78, 5) is 13.8. The summed E-state index contributed by atoms with van der Waals surface area (Å²) in [6.07, 6.45) is 0. The first-order chi connectivity index (χ1) is 10.7. The lowest BCUT2D eigenvalue weighted by atomic mass is 10.0. The molecule has 0 aliphatic heterocycles. The van der Waals surface area contributed by atoms with Gasteiger partial charge in [0.15, 0.2) is 0 Å². The molecule has 0 aliphatic rings. The molecule has 2 N–H and O–H groups in total. The van der Waals surface area contributed by atoms with Crippen LogP contribution in [0.5, 0.6) is 0 Å². The largest absolute Gasteiger partial charge is 0.319 e.